The predicted molar refractivity (Wildman–Crippen MR) is 82.1 cm³/mol. The molecule has 1 aromatic carbocycles. The average Bonchev–Trinajstić information content (AvgIpc) is 2.90. The number of nitrogens with zero attached hydrogens (tertiary/aromatic N) is 3. The van der Waals surface area contributed by atoms with Crippen LogP contribution in [-0.2, 0) is 6.54 Å². The molecule has 0 spiro atoms. The van der Waals surface area contributed by atoms with Gasteiger partial charge in [0.15, 0.2) is 0 Å². The van der Waals surface area contributed by atoms with Gasteiger partial charge in [0.2, 0.25) is 0 Å². The van der Waals surface area contributed by atoms with Crippen LogP contribution >= 0.6 is 0 Å². The first-order valence-corrected chi connectivity index (χ1v) is 6.56. The topological polar surface area (TPSA) is 54.5 Å². The van der Waals surface area contributed by atoms with Gasteiger partial charge in [0.25, 0.3) is 0 Å². The fraction of sp³-hybridized carbons (Fsp3) is 0.200. The number of anilines is 1. The third-order valence-electron chi connectivity index (χ3n) is 3.43. The number of nitrogens with two attached hydrogens (primary N) is 1. The first kappa shape index (κ1) is 12.7. The summed E-state index contributed by atoms with van der Waals surface area (Å²) >= 11 is 0. The third kappa shape index (κ3) is 2.66. The van der Waals surface area contributed by atoms with Gasteiger partial charge in [-0.3, -0.25) is 5.01 Å². The summed E-state index contributed by atoms with van der Waals surface area (Å²) in [4.78, 5) is 4.13. The zero-order valence-electron chi connectivity index (χ0n) is 11.1. The first-order chi connectivity index (χ1) is 9.72. The van der Waals surface area contributed by atoms with Crippen molar-refractivity contribution >= 4 is 25.3 Å². The number of pyridine rings is 1. The minimum Gasteiger partial charge on any atom is -0.383 e. The first-order valence-electron chi connectivity index (χ1n) is 6.56. The van der Waals surface area contributed by atoms with E-state index in [2.05, 4.69) is 10.1 Å². The lowest BCUT2D eigenvalue weighted by Gasteiger charge is -2.17. The quantitative estimate of drug-likeness (QED) is 0.841. The van der Waals surface area contributed by atoms with E-state index in [1.807, 2.05) is 47.6 Å². The van der Waals surface area contributed by atoms with Crippen LogP contribution in [0.2, 0.25) is 0 Å². The van der Waals surface area contributed by atoms with E-state index in [1.54, 1.807) is 6.20 Å². The van der Waals surface area contributed by atoms with Crippen molar-refractivity contribution < 1.29 is 0 Å². The largest absolute Gasteiger partial charge is 0.383 e. The van der Waals surface area contributed by atoms with Crippen LogP contribution in [0.1, 0.15) is 17.0 Å². The van der Waals surface area contributed by atoms with Gasteiger partial charge in [0.1, 0.15) is 13.7 Å². The van der Waals surface area contributed by atoms with E-state index < -0.39 is 0 Å². The summed E-state index contributed by atoms with van der Waals surface area (Å²) in [6.07, 6.45) is 3.64. The van der Waals surface area contributed by atoms with Crippen LogP contribution in [0.25, 0.3) is 0 Å². The molecule has 2 heterocycles. The highest BCUT2D eigenvalue weighted by molar-refractivity contribution is 6.32. The second-order valence-corrected chi connectivity index (χ2v) is 4.94. The minimum absolute atomic E-state index is 0.206. The van der Waals surface area contributed by atoms with E-state index in [0.717, 1.165) is 24.1 Å². The molecule has 0 fully saturated rings. The molecule has 1 aromatic heterocycles. The molecular weight excluding hydrogens is 247 g/mol. The minimum atomic E-state index is 0.206. The second kappa shape index (κ2) is 5.37. The van der Waals surface area contributed by atoms with E-state index >= 15 is 0 Å². The van der Waals surface area contributed by atoms with Crippen molar-refractivity contribution in [1.82, 2.24) is 9.99 Å². The summed E-state index contributed by atoms with van der Waals surface area (Å²) in [6.45, 7) is 1.59. The molecular formula is C15H15BN4. The molecule has 98 valence electrons. The van der Waals surface area contributed by atoms with Crippen LogP contribution < -0.4 is 11.2 Å². The molecule has 1 aliphatic heterocycles. The molecule has 2 N–H and O–H groups in total. The maximum absolute atomic E-state index is 5.91. The van der Waals surface area contributed by atoms with Crippen LogP contribution in [0.3, 0.4) is 0 Å². The smallest absolute Gasteiger partial charge is 0.127 e. The highest BCUT2D eigenvalue weighted by atomic mass is 15.5. The highest BCUT2D eigenvalue weighted by Gasteiger charge is 2.21. The molecule has 1 unspecified atom stereocenters. The van der Waals surface area contributed by atoms with Gasteiger partial charge < -0.3 is 5.73 Å². The molecule has 4 nitrogen and oxygen atoms in total. The van der Waals surface area contributed by atoms with E-state index in [-0.39, 0.29) is 5.92 Å². The van der Waals surface area contributed by atoms with Crippen LogP contribution in [0.5, 0.6) is 0 Å². The molecule has 0 aliphatic carbocycles. The molecule has 1 atom stereocenters. The number of nitrogen functional groups attached to an aromatic ring is 1. The number of benzene rings is 1. The molecule has 2 radical (unpaired) electrons. The third-order valence-corrected chi connectivity index (χ3v) is 3.43. The normalized spacial score (nSPS) is 17.6. The number of aromatic nitrogens is 1. The van der Waals surface area contributed by atoms with Crippen molar-refractivity contribution in [3.05, 3.63) is 53.7 Å². The van der Waals surface area contributed by atoms with Crippen molar-refractivity contribution in [1.29, 1.82) is 0 Å². The molecule has 1 aliphatic rings. The molecule has 3 rings (SSSR count). The van der Waals surface area contributed by atoms with Crippen LogP contribution in [0, 0.1) is 0 Å². The van der Waals surface area contributed by atoms with Crippen molar-refractivity contribution in [3.63, 3.8) is 0 Å². The second-order valence-electron chi connectivity index (χ2n) is 4.94. The highest BCUT2D eigenvalue weighted by Crippen LogP contribution is 2.24. The van der Waals surface area contributed by atoms with Crippen LogP contribution in [-0.4, -0.2) is 30.6 Å². The Hall–Kier alpha value is -2.30. The summed E-state index contributed by atoms with van der Waals surface area (Å²) in [5, 5.41) is 6.48. The summed E-state index contributed by atoms with van der Waals surface area (Å²) in [5.74, 6) is 0.788. The van der Waals surface area contributed by atoms with Crippen molar-refractivity contribution in [2.45, 2.75) is 12.5 Å². The van der Waals surface area contributed by atoms with Crippen molar-refractivity contribution in [2.75, 3.05) is 12.3 Å². The van der Waals surface area contributed by atoms with Crippen molar-refractivity contribution in [2.24, 2.45) is 5.10 Å². The van der Waals surface area contributed by atoms with E-state index in [9.17, 15) is 0 Å². The van der Waals surface area contributed by atoms with E-state index in [4.69, 9.17) is 13.6 Å². The van der Waals surface area contributed by atoms with E-state index in [0.29, 0.717) is 5.82 Å². The lowest BCUT2D eigenvalue weighted by molar-refractivity contribution is 0.302. The van der Waals surface area contributed by atoms with Gasteiger partial charge in [0, 0.05) is 30.4 Å². The molecule has 20 heavy (non-hydrogen) atoms. The SMILES string of the molecule is [B]c1ccc(CN2CC(c3cccnc3N)C=N2)cc1. The molecule has 5 heteroatoms. The number of hydrogen-bond acceptors (Lipinski definition) is 4. The van der Waals surface area contributed by atoms with Crippen LogP contribution in [0.15, 0.2) is 47.7 Å². The molecule has 2 aromatic rings. The fourth-order valence-corrected chi connectivity index (χ4v) is 2.36. The molecule has 0 amide bonds. The standard InChI is InChI=1S/C15H15BN4/c16-13-5-3-11(4-6-13)9-20-10-12(8-19-20)14-2-1-7-18-15(14)17/h1-8,12H,9-10H2,(H2,17,18). The Morgan fingerprint density at radius 3 is 2.80 bits per heavy atom. The zero-order chi connectivity index (χ0) is 13.9. The van der Waals surface area contributed by atoms with Gasteiger partial charge in [-0.15, -0.1) is 0 Å². The Balaban J connectivity index is 1.67. The number of hydrazone groups is 1. The van der Waals surface area contributed by atoms with Gasteiger partial charge in [-0.25, -0.2) is 4.98 Å². The maximum atomic E-state index is 5.91. The summed E-state index contributed by atoms with van der Waals surface area (Å²) < 4.78 is 0. The summed E-state index contributed by atoms with van der Waals surface area (Å²) in [5.41, 5.74) is 8.92. The summed E-state index contributed by atoms with van der Waals surface area (Å²) in [7, 11) is 5.69. The van der Waals surface area contributed by atoms with Gasteiger partial charge in [-0.2, -0.15) is 5.10 Å². The fourth-order valence-electron chi connectivity index (χ4n) is 2.36. The molecule has 0 bridgehead atoms. The lowest BCUT2D eigenvalue weighted by atomic mass is 9.95. The van der Waals surface area contributed by atoms with Gasteiger partial charge in [-0.1, -0.05) is 35.8 Å². The van der Waals surface area contributed by atoms with Gasteiger partial charge in [0.05, 0.1) is 6.54 Å². The Labute approximate surface area is 119 Å². The zero-order valence-corrected chi connectivity index (χ0v) is 11.1. The number of rotatable bonds is 3. The molecule has 0 saturated carbocycles. The summed E-state index contributed by atoms with van der Waals surface area (Å²) in [6, 6.07) is 11.8. The Bertz CT molecular complexity index is 624. The van der Waals surface area contributed by atoms with Crippen LogP contribution in [0.4, 0.5) is 5.82 Å². The average molecular weight is 262 g/mol. The monoisotopic (exact) mass is 262 g/mol. The van der Waals surface area contributed by atoms with Gasteiger partial charge >= 0.3 is 0 Å². The number of hydrogen-bond donors (Lipinski definition) is 1. The lowest BCUT2D eigenvalue weighted by Crippen LogP contribution is -2.18. The van der Waals surface area contributed by atoms with Gasteiger partial charge in [-0.05, 0) is 11.6 Å². The maximum Gasteiger partial charge on any atom is 0.127 e. The van der Waals surface area contributed by atoms with Crippen molar-refractivity contribution in [3.8, 4) is 0 Å². The molecule has 0 saturated heterocycles. The predicted octanol–water partition coefficient (Wildman–Crippen LogP) is 1.04. The Morgan fingerprint density at radius 2 is 2.05 bits per heavy atom. The van der Waals surface area contributed by atoms with E-state index in [1.165, 1.54) is 5.56 Å². The Morgan fingerprint density at radius 1 is 1.25 bits per heavy atom. The Kier molecular flexibility index (Phi) is 3.42.